The summed E-state index contributed by atoms with van der Waals surface area (Å²) in [7, 11) is 0. The van der Waals surface area contributed by atoms with E-state index in [1.165, 1.54) is 38.1 Å². The molecule has 5 heteroatoms. The van der Waals surface area contributed by atoms with Crippen molar-refractivity contribution < 1.29 is 4.74 Å². The number of hydrogen-bond acceptors (Lipinski definition) is 4. The SMILES string of the molecule is CC(C)(C)c1cc2c3c(c1)N(c1ccccc1)c1cc(N(c4ccccc4)c4ccccc4)c4ccccc4c1B3c1c(cc(N(c3ccccc3)c3ccccc3)c3ccccc13)O2. The van der Waals surface area contributed by atoms with Gasteiger partial charge < -0.3 is 19.4 Å². The van der Waals surface area contributed by atoms with Crippen LogP contribution >= 0.6 is 0 Å². The standard InChI is InChI=1S/C60H46BN3O/c1-60(2,3)41-37-53-59-55(38-41)65-56-40-52(63(44-27-13-6-14-28-44)45-29-15-7-16-30-45)48-34-20-22-36-50(48)58(56)61(59)57-49-35-21-19-33-47(49)51(39-54(57)64(53)46-31-17-8-18-32-46)62(42-23-9-4-10-24-42)43-25-11-5-12-26-43/h4-40H,1-3H3. The number of anilines is 9. The zero-order chi connectivity index (χ0) is 43.6. The molecule has 0 fully saturated rings. The Bertz CT molecular complexity index is 3310. The third kappa shape index (κ3) is 6.37. The van der Waals surface area contributed by atoms with Gasteiger partial charge in [-0.1, -0.05) is 160 Å². The average Bonchev–Trinajstić information content (AvgIpc) is 3.35. The van der Waals surface area contributed by atoms with Gasteiger partial charge in [0.2, 0.25) is 0 Å². The van der Waals surface area contributed by atoms with Gasteiger partial charge in [0.15, 0.2) is 0 Å². The topological polar surface area (TPSA) is 19.0 Å². The van der Waals surface area contributed by atoms with Gasteiger partial charge in [-0.2, -0.15) is 0 Å². The van der Waals surface area contributed by atoms with E-state index in [2.05, 4.69) is 260 Å². The number of para-hydroxylation sites is 5. The fourth-order valence-corrected chi connectivity index (χ4v) is 10.3. The maximum atomic E-state index is 7.46. The summed E-state index contributed by atoms with van der Waals surface area (Å²) in [6.45, 7) is 6.73. The van der Waals surface area contributed by atoms with Crippen molar-refractivity contribution in [3.8, 4) is 11.5 Å². The lowest BCUT2D eigenvalue weighted by Gasteiger charge is -2.43. The van der Waals surface area contributed by atoms with E-state index >= 15 is 0 Å². The summed E-state index contributed by atoms with van der Waals surface area (Å²) in [5.41, 5.74) is 14.6. The molecule has 0 aliphatic carbocycles. The number of fused-ring (bicyclic) bond motifs is 8. The lowest BCUT2D eigenvalue weighted by Crippen LogP contribution is -2.60. The van der Waals surface area contributed by atoms with Crippen molar-refractivity contribution in [2.45, 2.75) is 26.2 Å². The van der Waals surface area contributed by atoms with Gasteiger partial charge in [-0.3, -0.25) is 0 Å². The molecule has 0 radical (unpaired) electrons. The highest BCUT2D eigenvalue weighted by Gasteiger charge is 2.45. The molecule has 0 amide bonds. The molecule has 0 saturated carbocycles. The summed E-state index contributed by atoms with van der Waals surface area (Å²) in [6.07, 6.45) is 0. The highest BCUT2D eigenvalue weighted by Crippen LogP contribution is 2.50. The van der Waals surface area contributed by atoms with Crippen LogP contribution in [0.1, 0.15) is 26.3 Å². The van der Waals surface area contributed by atoms with E-state index in [1.54, 1.807) is 0 Å². The van der Waals surface area contributed by atoms with Gasteiger partial charge in [0.1, 0.15) is 11.5 Å². The lowest BCUT2D eigenvalue weighted by atomic mass is 9.33. The van der Waals surface area contributed by atoms with Crippen molar-refractivity contribution in [3.05, 3.63) is 230 Å². The van der Waals surface area contributed by atoms with Crippen LogP contribution in [0.3, 0.4) is 0 Å². The molecule has 65 heavy (non-hydrogen) atoms. The van der Waals surface area contributed by atoms with Crippen molar-refractivity contribution in [3.63, 3.8) is 0 Å². The molecule has 10 aromatic carbocycles. The zero-order valence-corrected chi connectivity index (χ0v) is 36.7. The molecule has 0 atom stereocenters. The second-order valence-corrected chi connectivity index (χ2v) is 18.1. The van der Waals surface area contributed by atoms with Crippen LogP contribution < -0.4 is 35.8 Å². The molecule has 2 heterocycles. The first-order valence-electron chi connectivity index (χ1n) is 22.6. The van der Waals surface area contributed by atoms with E-state index in [0.717, 1.165) is 68.1 Å². The van der Waals surface area contributed by atoms with E-state index in [4.69, 9.17) is 4.74 Å². The molecule has 10 aromatic rings. The highest BCUT2D eigenvalue weighted by atomic mass is 16.5. The quantitative estimate of drug-likeness (QED) is 0.149. The zero-order valence-electron chi connectivity index (χ0n) is 36.7. The summed E-state index contributed by atoms with van der Waals surface area (Å²) >= 11 is 0. The van der Waals surface area contributed by atoms with Crippen molar-refractivity contribution in [1.29, 1.82) is 0 Å². The third-order valence-corrected chi connectivity index (χ3v) is 13.2. The van der Waals surface area contributed by atoms with Gasteiger partial charge in [-0.25, -0.2) is 0 Å². The Balaban J connectivity index is 1.21. The fraction of sp³-hybridized carbons (Fsp3) is 0.0667. The number of rotatable bonds is 7. The monoisotopic (exact) mass is 835 g/mol. The molecule has 0 bridgehead atoms. The van der Waals surface area contributed by atoms with Crippen LogP contribution in [0.15, 0.2) is 224 Å². The van der Waals surface area contributed by atoms with E-state index in [9.17, 15) is 0 Å². The lowest BCUT2D eigenvalue weighted by molar-refractivity contribution is 0.484. The van der Waals surface area contributed by atoms with Crippen molar-refractivity contribution in [1.82, 2.24) is 0 Å². The Morgan fingerprint density at radius 1 is 0.385 bits per heavy atom. The molecular weight excluding hydrogens is 789 g/mol. The van der Waals surface area contributed by atoms with Crippen LogP contribution in [-0.4, -0.2) is 6.71 Å². The summed E-state index contributed by atoms with van der Waals surface area (Å²) in [5.74, 6) is 1.76. The molecule has 4 nitrogen and oxygen atoms in total. The molecule has 310 valence electrons. The molecule has 0 saturated heterocycles. The highest BCUT2D eigenvalue weighted by molar-refractivity contribution is 7.02. The summed E-state index contributed by atoms with van der Waals surface area (Å²) in [4.78, 5) is 7.29. The minimum atomic E-state index is -0.161. The molecule has 2 aliphatic heterocycles. The van der Waals surface area contributed by atoms with Crippen LogP contribution in [0.4, 0.5) is 51.2 Å². The van der Waals surface area contributed by atoms with E-state index < -0.39 is 0 Å². The third-order valence-electron chi connectivity index (χ3n) is 13.2. The minimum absolute atomic E-state index is 0.158. The Hall–Kier alpha value is -8.02. The van der Waals surface area contributed by atoms with Crippen molar-refractivity contribution in [2.24, 2.45) is 0 Å². The average molecular weight is 836 g/mol. The normalized spacial score (nSPS) is 12.6. The van der Waals surface area contributed by atoms with Gasteiger partial charge in [0.05, 0.1) is 11.4 Å². The van der Waals surface area contributed by atoms with Crippen LogP contribution in [0.2, 0.25) is 0 Å². The second-order valence-electron chi connectivity index (χ2n) is 18.1. The van der Waals surface area contributed by atoms with E-state index in [-0.39, 0.29) is 12.1 Å². The molecule has 0 spiro atoms. The first-order chi connectivity index (χ1) is 31.9. The predicted octanol–water partition coefficient (Wildman–Crippen LogP) is 14.6. The number of benzene rings is 10. The Labute approximate surface area is 381 Å². The smallest absolute Gasteiger partial charge is 0.258 e. The van der Waals surface area contributed by atoms with Crippen molar-refractivity contribution >= 4 is 95.8 Å². The van der Waals surface area contributed by atoms with Crippen molar-refractivity contribution in [2.75, 3.05) is 14.7 Å². The summed E-state index contributed by atoms with van der Waals surface area (Å²) < 4.78 is 7.46. The first kappa shape index (κ1) is 38.6. The van der Waals surface area contributed by atoms with E-state index in [0.29, 0.717) is 0 Å². The molecule has 0 unspecified atom stereocenters. The van der Waals surface area contributed by atoms with Crippen LogP contribution in [0, 0.1) is 0 Å². The van der Waals surface area contributed by atoms with Gasteiger partial charge in [-0.15, -0.1) is 0 Å². The molecule has 12 rings (SSSR count). The Morgan fingerprint density at radius 2 is 0.769 bits per heavy atom. The first-order valence-corrected chi connectivity index (χ1v) is 22.6. The summed E-state index contributed by atoms with van der Waals surface area (Å²) in [6, 6.07) is 81.2. The van der Waals surface area contributed by atoms with Gasteiger partial charge in [-0.05, 0) is 117 Å². The maximum absolute atomic E-state index is 7.46. The van der Waals surface area contributed by atoms with E-state index in [1.807, 2.05) is 0 Å². The molecule has 2 aliphatic rings. The van der Waals surface area contributed by atoms with Gasteiger partial charge in [0, 0.05) is 56.7 Å². The minimum Gasteiger partial charge on any atom is -0.458 e. The van der Waals surface area contributed by atoms with Gasteiger partial charge in [0.25, 0.3) is 6.71 Å². The second kappa shape index (κ2) is 15.4. The Morgan fingerprint density at radius 3 is 1.25 bits per heavy atom. The molecular formula is C60H46BN3O. The van der Waals surface area contributed by atoms with Gasteiger partial charge >= 0.3 is 0 Å². The number of ether oxygens (including phenoxy) is 1. The molecule has 0 N–H and O–H groups in total. The Kier molecular flexibility index (Phi) is 9.13. The van der Waals surface area contributed by atoms with Crippen LogP contribution in [-0.2, 0) is 5.41 Å². The number of nitrogens with zero attached hydrogens (tertiary/aromatic N) is 3. The molecule has 0 aromatic heterocycles. The largest absolute Gasteiger partial charge is 0.458 e. The fourth-order valence-electron chi connectivity index (χ4n) is 10.3. The van der Waals surface area contributed by atoms with Crippen LogP contribution in [0.5, 0.6) is 11.5 Å². The maximum Gasteiger partial charge on any atom is 0.258 e. The number of hydrogen-bond donors (Lipinski definition) is 0. The van der Waals surface area contributed by atoms with Crippen LogP contribution in [0.25, 0.3) is 21.5 Å². The predicted molar refractivity (Wildman–Crippen MR) is 275 cm³/mol. The summed E-state index contributed by atoms with van der Waals surface area (Å²) in [5, 5.41) is 4.71.